The van der Waals surface area contributed by atoms with Gasteiger partial charge in [0.25, 0.3) is 0 Å². The molecule has 0 aliphatic heterocycles. The molecule has 19 heavy (non-hydrogen) atoms. The first-order chi connectivity index (χ1) is 8.99. The first-order valence-electron chi connectivity index (χ1n) is 6.86. The first-order valence-corrected chi connectivity index (χ1v) is 6.86. The monoisotopic (exact) mass is 265 g/mol. The number of carboxylic acids is 1. The summed E-state index contributed by atoms with van der Waals surface area (Å²) < 4.78 is 0. The highest BCUT2D eigenvalue weighted by Gasteiger charge is 2.17. The van der Waals surface area contributed by atoms with Crippen LogP contribution >= 0.6 is 0 Å². The van der Waals surface area contributed by atoms with E-state index in [4.69, 9.17) is 0 Å². The molecule has 2 N–H and O–H groups in total. The van der Waals surface area contributed by atoms with Gasteiger partial charge in [-0.25, -0.2) is 14.8 Å². The Bertz CT molecular complexity index is 433. The van der Waals surface area contributed by atoms with E-state index in [1.165, 1.54) is 0 Å². The Hall–Kier alpha value is -1.65. The maximum Gasteiger partial charge on any atom is 0.356 e. The van der Waals surface area contributed by atoms with Crippen molar-refractivity contribution < 1.29 is 9.90 Å². The fourth-order valence-corrected chi connectivity index (χ4v) is 1.89. The summed E-state index contributed by atoms with van der Waals surface area (Å²) >= 11 is 0. The van der Waals surface area contributed by atoms with E-state index >= 15 is 0 Å². The maximum atomic E-state index is 11.3. The van der Waals surface area contributed by atoms with Crippen LogP contribution in [0, 0.1) is 0 Å². The molecule has 0 bridgehead atoms. The van der Waals surface area contributed by atoms with E-state index in [9.17, 15) is 9.90 Å². The smallest absolute Gasteiger partial charge is 0.356 e. The van der Waals surface area contributed by atoms with Crippen LogP contribution in [0.3, 0.4) is 0 Å². The number of aromatic nitrogens is 2. The highest BCUT2D eigenvalue weighted by Crippen LogP contribution is 2.19. The molecule has 106 valence electrons. The van der Waals surface area contributed by atoms with Crippen LogP contribution < -0.4 is 5.32 Å². The molecule has 0 aliphatic carbocycles. The summed E-state index contributed by atoms with van der Waals surface area (Å²) in [6.07, 6.45) is 4.59. The van der Waals surface area contributed by atoms with Crippen molar-refractivity contribution in [2.24, 2.45) is 0 Å². The van der Waals surface area contributed by atoms with Crippen LogP contribution in [0.5, 0.6) is 0 Å². The number of nitrogens with one attached hydrogen (secondary N) is 1. The molecular formula is C14H23N3O2. The molecule has 1 heterocycles. The van der Waals surface area contributed by atoms with Crippen molar-refractivity contribution in [3.8, 4) is 0 Å². The van der Waals surface area contributed by atoms with Gasteiger partial charge in [-0.1, -0.05) is 34.1 Å². The Labute approximate surface area is 114 Å². The number of carbonyl (C=O) groups is 1. The highest BCUT2D eigenvalue weighted by atomic mass is 16.4. The lowest BCUT2D eigenvalue weighted by Crippen LogP contribution is -2.21. The number of carboxylic acid groups (broad SMARTS) is 1. The van der Waals surface area contributed by atoms with Crippen LogP contribution in [0.25, 0.3) is 0 Å². The second-order valence-electron chi connectivity index (χ2n) is 4.99. The normalized spacial score (nSPS) is 12.5. The Morgan fingerprint density at radius 1 is 1.42 bits per heavy atom. The summed E-state index contributed by atoms with van der Waals surface area (Å²) in [5, 5.41) is 12.5. The average Bonchev–Trinajstić information content (AvgIpc) is 2.37. The third-order valence-corrected chi connectivity index (χ3v) is 3.02. The number of hydrogen-bond donors (Lipinski definition) is 2. The minimum Gasteiger partial charge on any atom is -0.476 e. The van der Waals surface area contributed by atoms with Crippen molar-refractivity contribution >= 4 is 11.7 Å². The predicted molar refractivity (Wildman–Crippen MR) is 75.7 cm³/mol. The van der Waals surface area contributed by atoms with E-state index in [0.29, 0.717) is 11.5 Å². The van der Waals surface area contributed by atoms with Gasteiger partial charge in [-0.2, -0.15) is 0 Å². The number of hydrogen-bond acceptors (Lipinski definition) is 4. The summed E-state index contributed by atoms with van der Waals surface area (Å²) in [4.78, 5) is 19.7. The van der Waals surface area contributed by atoms with Gasteiger partial charge in [0.2, 0.25) is 0 Å². The number of anilines is 1. The van der Waals surface area contributed by atoms with Crippen LogP contribution in [0.1, 0.15) is 69.2 Å². The van der Waals surface area contributed by atoms with Gasteiger partial charge in [0.1, 0.15) is 5.82 Å². The Kier molecular flexibility index (Phi) is 5.73. The van der Waals surface area contributed by atoms with Gasteiger partial charge >= 0.3 is 5.97 Å². The molecule has 1 aromatic rings. The van der Waals surface area contributed by atoms with E-state index in [0.717, 1.165) is 19.3 Å². The summed E-state index contributed by atoms with van der Waals surface area (Å²) in [6.45, 7) is 8.08. The zero-order valence-electron chi connectivity index (χ0n) is 12.1. The Balaban J connectivity index is 3.02. The van der Waals surface area contributed by atoms with Crippen molar-refractivity contribution in [1.29, 1.82) is 0 Å². The SMILES string of the molecule is CCCC(CC)Nc1cnc(C(C)C)nc1C(=O)O. The zero-order chi connectivity index (χ0) is 14.4. The quantitative estimate of drug-likeness (QED) is 0.791. The van der Waals surface area contributed by atoms with Crippen LogP contribution in [-0.2, 0) is 0 Å². The van der Waals surface area contributed by atoms with E-state index in [1.807, 2.05) is 13.8 Å². The standard InChI is InChI=1S/C14H23N3O2/c1-5-7-10(6-2)16-11-8-15-13(9(3)4)17-12(11)14(18)19/h8-10,16H,5-7H2,1-4H3,(H,18,19). The molecule has 0 amide bonds. The van der Waals surface area contributed by atoms with Crippen LogP contribution in [0.15, 0.2) is 6.20 Å². The van der Waals surface area contributed by atoms with Gasteiger partial charge in [-0.15, -0.1) is 0 Å². The fraction of sp³-hybridized carbons (Fsp3) is 0.643. The molecule has 1 atom stereocenters. The largest absolute Gasteiger partial charge is 0.476 e. The third-order valence-electron chi connectivity index (χ3n) is 3.02. The molecule has 0 saturated carbocycles. The van der Waals surface area contributed by atoms with Crippen LogP contribution in [-0.4, -0.2) is 27.1 Å². The molecule has 0 spiro atoms. The Morgan fingerprint density at radius 2 is 2.11 bits per heavy atom. The van der Waals surface area contributed by atoms with Gasteiger partial charge in [-0.3, -0.25) is 0 Å². The van der Waals surface area contributed by atoms with E-state index in [2.05, 4.69) is 29.1 Å². The second-order valence-corrected chi connectivity index (χ2v) is 4.99. The molecule has 5 nitrogen and oxygen atoms in total. The molecule has 0 fully saturated rings. The minimum absolute atomic E-state index is 0.0632. The van der Waals surface area contributed by atoms with Crippen LogP contribution in [0.2, 0.25) is 0 Å². The average molecular weight is 265 g/mol. The lowest BCUT2D eigenvalue weighted by molar-refractivity contribution is 0.0691. The molecule has 0 radical (unpaired) electrons. The lowest BCUT2D eigenvalue weighted by atomic mass is 10.1. The fourth-order valence-electron chi connectivity index (χ4n) is 1.89. The summed E-state index contributed by atoms with van der Waals surface area (Å²) in [5.41, 5.74) is 0.574. The number of nitrogens with zero attached hydrogens (tertiary/aromatic N) is 2. The molecule has 0 aromatic carbocycles. The third kappa shape index (κ3) is 4.19. The predicted octanol–water partition coefficient (Wildman–Crippen LogP) is 3.29. The number of rotatable bonds is 7. The summed E-state index contributed by atoms with van der Waals surface area (Å²) in [7, 11) is 0. The highest BCUT2D eigenvalue weighted by molar-refractivity contribution is 5.91. The number of aromatic carboxylic acids is 1. The summed E-state index contributed by atoms with van der Waals surface area (Å²) in [6, 6.07) is 0.261. The lowest BCUT2D eigenvalue weighted by Gasteiger charge is -2.18. The van der Waals surface area contributed by atoms with Crippen molar-refractivity contribution in [3.63, 3.8) is 0 Å². The van der Waals surface area contributed by atoms with Gasteiger partial charge in [0.15, 0.2) is 5.69 Å². The Morgan fingerprint density at radius 3 is 2.58 bits per heavy atom. The van der Waals surface area contributed by atoms with E-state index in [1.54, 1.807) is 6.20 Å². The molecule has 0 saturated heterocycles. The summed E-state index contributed by atoms with van der Waals surface area (Å²) in [5.74, 6) is -0.339. The first kappa shape index (κ1) is 15.4. The van der Waals surface area contributed by atoms with Crippen molar-refractivity contribution in [2.45, 2.75) is 58.9 Å². The van der Waals surface area contributed by atoms with Gasteiger partial charge in [0, 0.05) is 12.0 Å². The minimum atomic E-state index is -1.02. The van der Waals surface area contributed by atoms with Crippen molar-refractivity contribution in [3.05, 3.63) is 17.7 Å². The molecule has 1 unspecified atom stereocenters. The van der Waals surface area contributed by atoms with Crippen LogP contribution in [0.4, 0.5) is 5.69 Å². The topological polar surface area (TPSA) is 75.1 Å². The van der Waals surface area contributed by atoms with Crippen molar-refractivity contribution in [2.75, 3.05) is 5.32 Å². The van der Waals surface area contributed by atoms with Gasteiger partial charge in [0.05, 0.1) is 11.9 Å². The molecule has 1 aromatic heterocycles. The van der Waals surface area contributed by atoms with Gasteiger partial charge in [-0.05, 0) is 12.8 Å². The molecule has 0 aliphatic rings. The van der Waals surface area contributed by atoms with E-state index in [-0.39, 0.29) is 17.7 Å². The van der Waals surface area contributed by atoms with E-state index < -0.39 is 5.97 Å². The molecule has 5 heteroatoms. The second kappa shape index (κ2) is 7.07. The van der Waals surface area contributed by atoms with Crippen molar-refractivity contribution in [1.82, 2.24) is 9.97 Å². The van der Waals surface area contributed by atoms with Gasteiger partial charge < -0.3 is 10.4 Å². The zero-order valence-corrected chi connectivity index (χ0v) is 12.1. The maximum absolute atomic E-state index is 11.3. The molecule has 1 rings (SSSR count). The molecular weight excluding hydrogens is 242 g/mol.